The van der Waals surface area contributed by atoms with Crippen LogP contribution in [0.25, 0.3) is 0 Å². The first-order chi connectivity index (χ1) is 6.76. The second kappa shape index (κ2) is 3.84. The van der Waals surface area contributed by atoms with Crippen LogP contribution in [0.5, 0.6) is 0 Å². The molecule has 0 aromatic rings. The van der Waals surface area contributed by atoms with Crippen molar-refractivity contribution in [1.29, 1.82) is 0 Å². The SMILES string of the molecule is O=C1CCCCC(=O)C12CCCCC2. The first-order valence-corrected chi connectivity index (χ1v) is 5.82. The zero-order chi connectivity index (χ0) is 10.0. The lowest BCUT2D eigenvalue weighted by atomic mass is 9.68. The van der Waals surface area contributed by atoms with Crippen molar-refractivity contribution in [3.63, 3.8) is 0 Å². The van der Waals surface area contributed by atoms with Gasteiger partial charge in [0.05, 0.1) is 5.41 Å². The Hall–Kier alpha value is -0.660. The van der Waals surface area contributed by atoms with Crippen molar-refractivity contribution >= 4 is 11.6 Å². The van der Waals surface area contributed by atoms with Crippen LogP contribution in [0.3, 0.4) is 0 Å². The smallest absolute Gasteiger partial charge is 0.146 e. The highest BCUT2D eigenvalue weighted by Gasteiger charge is 2.45. The molecule has 2 nitrogen and oxygen atoms in total. The summed E-state index contributed by atoms with van der Waals surface area (Å²) < 4.78 is 0. The Labute approximate surface area is 85.1 Å². The summed E-state index contributed by atoms with van der Waals surface area (Å²) in [5.74, 6) is 0.499. The van der Waals surface area contributed by atoms with E-state index in [2.05, 4.69) is 0 Å². The monoisotopic (exact) mass is 194 g/mol. The Morgan fingerprint density at radius 1 is 0.714 bits per heavy atom. The van der Waals surface area contributed by atoms with E-state index in [1.807, 2.05) is 0 Å². The fraction of sp³-hybridized carbons (Fsp3) is 0.833. The minimum atomic E-state index is -0.519. The van der Waals surface area contributed by atoms with E-state index >= 15 is 0 Å². The number of carbonyl (C=O) groups excluding carboxylic acids is 2. The van der Waals surface area contributed by atoms with Crippen molar-refractivity contribution in [2.75, 3.05) is 0 Å². The van der Waals surface area contributed by atoms with E-state index in [1.165, 1.54) is 6.42 Å². The van der Waals surface area contributed by atoms with Crippen LogP contribution < -0.4 is 0 Å². The molecule has 14 heavy (non-hydrogen) atoms. The molecule has 0 heterocycles. The molecule has 1 spiro atoms. The Morgan fingerprint density at radius 3 is 1.71 bits per heavy atom. The van der Waals surface area contributed by atoms with Gasteiger partial charge in [-0.25, -0.2) is 0 Å². The molecule has 2 rings (SSSR count). The number of carbonyl (C=O) groups is 2. The quantitative estimate of drug-likeness (QED) is 0.555. The minimum absolute atomic E-state index is 0.250. The highest BCUT2D eigenvalue weighted by molar-refractivity contribution is 6.07. The molecule has 0 bridgehead atoms. The predicted octanol–water partition coefficient (Wildman–Crippen LogP) is 2.65. The van der Waals surface area contributed by atoms with Gasteiger partial charge in [-0.1, -0.05) is 19.3 Å². The van der Waals surface area contributed by atoms with Crippen LogP contribution in [-0.2, 0) is 9.59 Å². The van der Waals surface area contributed by atoms with Gasteiger partial charge < -0.3 is 0 Å². The van der Waals surface area contributed by atoms with E-state index in [1.54, 1.807) is 0 Å². The second-order valence-corrected chi connectivity index (χ2v) is 4.70. The maximum atomic E-state index is 12.0. The zero-order valence-electron chi connectivity index (χ0n) is 8.68. The van der Waals surface area contributed by atoms with Crippen LogP contribution in [0, 0.1) is 5.41 Å². The van der Waals surface area contributed by atoms with Gasteiger partial charge in [0.15, 0.2) is 0 Å². The van der Waals surface area contributed by atoms with Gasteiger partial charge in [0, 0.05) is 12.8 Å². The molecule has 0 aliphatic heterocycles. The first kappa shape index (κ1) is 9.88. The Balaban J connectivity index is 2.25. The Morgan fingerprint density at radius 2 is 1.21 bits per heavy atom. The fourth-order valence-electron chi connectivity index (χ4n) is 2.92. The molecular formula is C12H18O2. The fourth-order valence-corrected chi connectivity index (χ4v) is 2.92. The van der Waals surface area contributed by atoms with Crippen molar-refractivity contribution < 1.29 is 9.59 Å². The van der Waals surface area contributed by atoms with Crippen LogP contribution in [0.2, 0.25) is 0 Å². The van der Waals surface area contributed by atoms with Crippen LogP contribution in [0.4, 0.5) is 0 Å². The summed E-state index contributed by atoms with van der Waals surface area (Å²) in [5.41, 5.74) is -0.519. The van der Waals surface area contributed by atoms with Crippen LogP contribution in [-0.4, -0.2) is 11.6 Å². The standard InChI is InChI=1S/C12H18O2/c13-10-6-2-3-7-11(14)12(10)8-4-1-5-9-12/h1-9H2. The number of ketones is 2. The molecule has 78 valence electrons. The summed E-state index contributed by atoms with van der Waals surface area (Å²) >= 11 is 0. The van der Waals surface area contributed by atoms with Gasteiger partial charge in [0.1, 0.15) is 11.6 Å². The van der Waals surface area contributed by atoms with E-state index < -0.39 is 5.41 Å². The highest BCUT2D eigenvalue weighted by atomic mass is 16.2. The summed E-state index contributed by atoms with van der Waals surface area (Å²) in [6.45, 7) is 0. The average Bonchev–Trinajstić information content (AvgIpc) is 2.35. The van der Waals surface area contributed by atoms with Crippen molar-refractivity contribution in [3.05, 3.63) is 0 Å². The molecule has 0 saturated heterocycles. The molecule has 2 fully saturated rings. The molecular weight excluding hydrogens is 176 g/mol. The third kappa shape index (κ3) is 1.51. The molecule has 0 radical (unpaired) electrons. The summed E-state index contributed by atoms with van der Waals surface area (Å²) in [4.78, 5) is 24.0. The lowest BCUT2D eigenvalue weighted by Crippen LogP contribution is -2.39. The van der Waals surface area contributed by atoms with Crippen molar-refractivity contribution in [3.8, 4) is 0 Å². The molecule has 0 aromatic heterocycles. The van der Waals surface area contributed by atoms with E-state index in [0.717, 1.165) is 38.5 Å². The average molecular weight is 194 g/mol. The van der Waals surface area contributed by atoms with Gasteiger partial charge in [-0.2, -0.15) is 0 Å². The largest absolute Gasteiger partial charge is 0.299 e. The van der Waals surface area contributed by atoms with Gasteiger partial charge in [-0.05, 0) is 25.7 Å². The lowest BCUT2D eigenvalue weighted by Gasteiger charge is -2.33. The molecule has 2 saturated carbocycles. The maximum Gasteiger partial charge on any atom is 0.146 e. The predicted molar refractivity (Wildman–Crippen MR) is 54.0 cm³/mol. The van der Waals surface area contributed by atoms with Gasteiger partial charge in [-0.15, -0.1) is 0 Å². The van der Waals surface area contributed by atoms with E-state index in [0.29, 0.717) is 12.8 Å². The summed E-state index contributed by atoms with van der Waals surface area (Å²) in [6.07, 6.45) is 8.14. The molecule has 2 aliphatic carbocycles. The van der Waals surface area contributed by atoms with E-state index in [4.69, 9.17) is 0 Å². The van der Waals surface area contributed by atoms with Crippen LogP contribution in [0.1, 0.15) is 57.8 Å². The number of rotatable bonds is 0. The highest BCUT2D eigenvalue weighted by Crippen LogP contribution is 2.41. The number of Topliss-reactive ketones (excluding diaryl/α,β-unsaturated/α-hetero) is 2. The molecule has 0 amide bonds. The molecule has 0 atom stereocenters. The number of hydrogen-bond donors (Lipinski definition) is 0. The molecule has 0 unspecified atom stereocenters. The Bertz CT molecular complexity index is 229. The minimum Gasteiger partial charge on any atom is -0.299 e. The van der Waals surface area contributed by atoms with Crippen molar-refractivity contribution in [1.82, 2.24) is 0 Å². The van der Waals surface area contributed by atoms with Crippen molar-refractivity contribution in [2.24, 2.45) is 5.41 Å². The van der Waals surface area contributed by atoms with E-state index in [9.17, 15) is 9.59 Å². The first-order valence-electron chi connectivity index (χ1n) is 5.82. The molecule has 2 aliphatic rings. The second-order valence-electron chi connectivity index (χ2n) is 4.70. The molecule has 2 heteroatoms. The maximum absolute atomic E-state index is 12.0. The summed E-state index contributed by atoms with van der Waals surface area (Å²) in [7, 11) is 0. The van der Waals surface area contributed by atoms with Crippen LogP contribution in [0.15, 0.2) is 0 Å². The van der Waals surface area contributed by atoms with Crippen molar-refractivity contribution in [2.45, 2.75) is 57.8 Å². The normalized spacial score (nSPS) is 27.7. The van der Waals surface area contributed by atoms with Gasteiger partial charge in [0.25, 0.3) is 0 Å². The van der Waals surface area contributed by atoms with Crippen LogP contribution >= 0.6 is 0 Å². The molecule has 0 N–H and O–H groups in total. The summed E-state index contributed by atoms with van der Waals surface area (Å²) in [5, 5.41) is 0. The summed E-state index contributed by atoms with van der Waals surface area (Å²) in [6, 6.07) is 0. The third-order valence-electron chi connectivity index (χ3n) is 3.83. The lowest BCUT2D eigenvalue weighted by molar-refractivity contribution is -0.142. The van der Waals surface area contributed by atoms with E-state index in [-0.39, 0.29) is 11.6 Å². The van der Waals surface area contributed by atoms with Gasteiger partial charge in [-0.3, -0.25) is 9.59 Å². The molecule has 0 aromatic carbocycles. The van der Waals surface area contributed by atoms with Gasteiger partial charge >= 0.3 is 0 Å². The topological polar surface area (TPSA) is 34.1 Å². The third-order valence-corrected chi connectivity index (χ3v) is 3.83. The number of hydrogen-bond acceptors (Lipinski definition) is 2. The Kier molecular flexibility index (Phi) is 2.71. The van der Waals surface area contributed by atoms with Gasteiger partial charge in [0.2, 0.25) is 0 Å². The zero-order valence-corrected chi connectivity index (χ0v) is 8.68.